The molecule has 0 atom stereocenters. The van der Waals surface area contributed by atoms with E-state index in [1.165, 1.54) is 0 Å². The van der Waals surface area contributed by atoms with E-state index in [2.05, 4.69) is 14.3 Å². The number of hydrogen-bond acceptors (Lipinski definition) is 7. The molecule has 0 saturated carbocycles. The number of rotatable bonds is 4. The van der Waals surface area contributed by atoms with Crippen molar-refractivity contribution < 1.29 is 17.9 Å². The maximum absolute atomic E-state index is 12.1. The lowest BCUT2D eigenvalue weighted by Crippen LogP contribution is -2.17. The van der Waals surface area contributed by atoms with Crippen LogP contribution in [0.2, 0.25) is 0 Å². The molecule has 100 valence electrons. The topological polar surface area (TPSA) is 86.2 Å². The number of methoxy groups -OCH3 is 1. The Labute approximate surface area is 114 Å². The monoisotopic (exact) mass is 298 g/mol. The third-order valence-electron chi connectivity index (χ3n) is 2.32. The van der Waals surface area contributed by atoms with Crippen LogP contribution in [0.25, 0.3) is 11.3 Å². The van der Waals surface area contributed by atoms with E-state index in [1.54, 1.807) is 24.3 Å². The summed E-state index contributed by atoms with van der Waals surface area (Å²) in [5, 5.41) is 3.82. The van der Waals surface area contributed by atoms with Gasteiger partial charge in [0.25, 0.3) is 0 Å². The minimum atomic E-state index is -3.79. The quantitative estimate of drug-likeness (QED) is 0.787. The van der Waals surface area contributed by atoms with Crippen molar-refractivity contribution >= 4 is 27.3 Å². The molecule has 2 rings (SSSR count). The minimum absolute atomic E-state index is 0.0240. The molecule has 0 aliphatic rings. The second-order valence-corrected chi connectivity index (χ2v) is 6.55. The Morgan fingerprint density at radius 3 is 2.63 bits per heavy atom. The fraction of sp³-hybridized carbons (Fsp3) is 0.182. The van der Waals surface area contributed by atoms with Crippen LogP contribution in [0.15, 0.2) is 34.5 Å². The smallest absolute Gasteiger partial charge is 0.321 e. The number of ether oxygens (including phenoxy) is 1. The van der Waals surface area contributed by atoms with E-state index in [1.807, 2.05) is 6.07 Å². The van der Waals surface area contributed by atoms with E-state index in [4.69, 9.17) is 0 Å². The summed E-state index contributed by atoms with van der Waals surface area (Å²) in [6, 6.07) is 8.81. The molecule has 0 bridgehead atoms. The summed E-state index contributed by atoms with van der Waals surface area (Å²) in [5.74, 6) is -1.53. The highest BCUT2D eigenvalue weighted by Gasteiger charge is 2.27. The molecule has 0 N–H and O–H groups in total. The molecule has 0 spiro atoms. The highest BCUT2D eigenvalue weighted by atomic mass is 32.2. The van der Waals surface area contributed by atoms with Crippen molar-refractivity contribution in [3.8, 4) is 11.3 Å². The molecule has 0 aliphatic carbocycles. The molecule has 0 unspecified atom stereocenters. The first-order valence-corrected chi connectivity index (χ1v) is 7.64. The van der Waals surface area contributed by atoms with E-state index < -0.39 is 21.6 Å². The Morgan fingerprint density at radius 1 is 1.32 bits per heavy atom. The second kappa shape index (κ2) is 5.45. The summed E-state index contributed by atoms with van der Waals surface area (Å²) < 4.78 is 32.2. The zero-order valence-electron chi connectivity index (χ0n) is 9.94. The van der Waals surface area contributed by atoms with Crippen LogP contribution in [0.3, 0.4) is 0 Å². The molecular formula is C11H10N2O4S2. The number of carbonyl (C=O) groups excluding carboxylic acids is 1. The molecule has 1 aromatic heterocycles. The van der Waals surface area contributed by atoms with Crippen molar-refractivity contribution in [2.24, 2.45) is 0 Å². The first-order chi connectivity index (χ1) is 9.04. The third kappa shape index (κ3) is 2.96. The fourth-order valence-electron chi connectivity index (χ4n) is 1.44. The number of esters is 1. The van der Waals surface area contributed by atoms with Crippen LogP contribution in [0.4, 0.5) is 0 Å². The fourth-order valence-corrected chi connectivity index (χ4v) is 3.62. The first kappa shape index (κ1) is 13.6. The lowest BCUT2D eigenvalue weighted by atomic mass is 10.2. The van der Waals surface area contributed by atoms with Crippen molar-refractivity contribution in [1.82, 2.24) is 9.59 Å². The highest BCUT2D eigenvalue weighted by molar-refractivity contribution is 7.94. The summed E-state index contributed by atoms with van der Waals surface area (Å²) in [7, 11) is -2.65. The van der Waals surface area contributed by atoms with E-state index >= 15 is 0 Å². The van der Waals surface area contributed by atoms with Gasteiger partial charge < -0.3 is 4.74 Å². The van der Waals surface area contributed by atoms with Gasteiger partial charge in [0, 0.05) is 17.1 Å². The Morgan fingerprint density at radius 2 is 2.00 bits per heavy atom. The Balaban J connectivity index is 2.43. The van der Waals surface area contributed by atoms with Crippen LogP contribution >= 0.6 is 11.5 Å². The van der Waals surface area contributed by atoms with E-state index in [-0.39, 0.29) is 9.90 Å². The third-order valence-corrected chi connectivity index (χ3v) is 5.21. The standard InChI is InChI=1S/C11H10N2O4S2/c1-17-9(14)7-19(15,16)11-10(12-13-18-11)8-5-3-2-4-6-8/h2-6H,7H2,1H3. The summed E-state index contributed by atoms with van der Waals surface area (Å²) >= 11 is 0.747. The average Bonchev–Trinajstić information content (AvgIpc) is 2.89. The lowest BCUT2D eigenvalue weighted by Gasteiger charge is -2.02. The molecule has 0 aliphatic heterocycles. The first-order valence-electron chi connectivity index (χ1n) is 5.22. The van der Waals surface area contributed by atoms with Gasteiger partial charge in [-0.3, -0.25) is 4.79 Å². The van der Waals surface area contributed by atoms with Crippen LogP contribution in [-0.4, -0.2) is 36.8 Å². The zero-order chi connectivity index (χ0) is 13.9. The number of hydrogen-bond donors (Lipinski definition) is 0. The van der Waals surface area contributed by atoms with Crippen LogP contribution in [0, 0.1) is 0 Å². The molecule has 2 aromatic rings. The molecule has 1 heterocycles. The van der Waals surface area contributed by atoms with Gasteiger partial charge in [0.1, 0.15) is 5.69 Å². The summed E-state index contributed by atoms with van der Waals surface area (Å²) in [4.78, 5) is 11.1. The molecule has 0 radical (unpaired) electrons. The molecule has 0 saturated heterocycles. The number of nitrogens with zero attached hydrogens (tertiary/aromatic N) is 2. The second-order valence-electron chi connectivity index (χ2n) is 3.61. The van der Waals surface area contributed by atoms with Gasteiger partial charge >= 0.3 is 5.97 Å². The largest absolute Gasteiger partial charge is 0.468 e. The molecule has 0 amide bonds. The number of aromatic nitrogens is 2. The predicted molar refractivity (Wildman–Crippen MR) is 69.4 cm³/mol. The Kier molecular flexibility index (Phi) is 3.91. The SMILES string of the molecule is COC(=O)CS(=O)(=O)c1snnc1-c1ccccc1. The summed E-state index contributed by atoms with van der Waals surface area (Å²) in [6.45, 7) is 0. The minimum Gasteiger partial charge on any atom is -0.468 e. The van der Waals surface area contributed by atoms with Gasteiger partial charge in [-0.15, -0.1) is 5.10 Å². The molecule has 1 aromatic carbocycles. The Bertz CT molecular complexity index is 680. The van der Waals surface area contributed by atoms with E-state index in [0.29, 0.717) is 5.56 Å². The molecular weight excluding hydrogens is 288 g/mol. The summed E-state index contributed by atoms with van der Waals surface area (Å²) in [5.41, 5.74) is 0.897. The lowest BCUT2D eigenvalue weighted by molar-refractivity contribution is -0.137. The maximum atomic E-state index is 12.1. The average molecular weight is 298 g/mol. The van der Waals surface area contributed by atoms with Gasteiger partial charge in [0.2, 0.25) is 9.84 Å². The van der Waals surface area contributed by atoms with Crippen LogP contribution in [0.1, 0.15) is 0 Å². The van der Waals surface area contributed by atoms with Crippen LogP contribution < -0.4 is 0 Å². The van der Waals surface area contributed by atoms with Crippen molar-refractivity contribution in [2.75, 3.05) is 12.9 Å². The van der Waals surface area contributed by atoms with Gasteiger partial charge in [-0.05, 0) is 0 Å². The molecule has 6 nitrogen and oxygen atoms in total. The molecule has 19 heavy (non-hydrogen) atoms. The van der Waals surface area contributed by atoms with E-state index in [9.17, 15) is 13.2 Å². The number of carbonyl (C=O) groups is 1. The number of sulfone groups is 1. The predicted octanol–water partition coefficient (Wildman–Crippen LogP) is 1.15. The van der Waals surface area contributed by atoms with Gasteiger partial charge in [-0.1, -0.05) is 34.8 Å². The van der Waals surface area contributed by atoms with Gasteiger partial charge in [0.05, 0.1) is 7.11 Å². The van der Waals surface area contributed by atoms with Crippen molar-refractivity contribution in [3.63, 3.8) is 0 Å². The van der Waals surface area contributed by atoms with Crippen molar-refractivity contribution in [2.45, 2.75) is 4.21 Å². The van der Waals surface area contributed by atoms with Crippen molar-refractivity contribution in [1.29, 1.82) is 0 Å². The number of benzene rings is 1. The highest BCUT2D eigenvalue weighted by Crippen LogP contribution is 2.28. The maximum Gasteiger partial charge on any atom is 0.321 e. The van der Waals surface area contributed by atoms with Gasteiger partial charge in [0.15, 0.2) is 9.96 Å². The van der Waals surface area contributed by atoms with Gasteiger partial charge in [-0.25, -0.2) is 8.42 Å². The van der Waals surface area contributed by atoms with Crippen LogP contribution in [-0.2, 0) is 19.4 Å². The Hall–Kier alpha value is -1.80. The van der Waals surface area contributed by atoms with E-state index in [0.717, 1.165) is 18.6 Å². The summed E-state index contributed by atoms with van der Waals surface area (Å²) in [6.07, 6.45) is 0. The molecule has 8 heteroatoms. The molecule has 0 fully saturated rings. The van der Waals surface area contributed by atoms with Crippen LogP contribution in [0.5, 0.6) is 0 Å². The van der Waals surface area contributed by atoms with Crippen molar-refractivity contribution in [3.05, 3.63) is 30.3 Å². The normalized spacial score (nSPS) is 11.2. The van der Waals surface area contributed by atoms with Gasteiger partial charge in [-0.2, -0.15) is 0 Å². The zero-order valence-corrected chi connectivity index (χ0v) is 11.6.